The Morgan fingerprint density at radius 3 is 2.60 bits per heavy atom. The molecule has 0 heterocycles. The lowest BCUT2D eigenvalue weighted by Gasteiger charge is -2.20. The van der Waals surface area contributed by atoms with E-state index in [1.54, 1.807) is 12.2 Å². The second kappa shape index (κ2) is 13.3. The first-order valence-corrected chi connectivity index (χ1v) is 10.8. The Balaban J connectivity index is 2.71. The van der Waals surface area contributed by atoms with Gasteiger partial charge in [-0.3, -0.25) is 14.4 Å². The highest BCUT2D eigenvalue weighted by molar-refractivity contribution is 6.01. The average molecular weight is 425 g/mol. The van der Waals surface area contributed by atoms with Crippen LogP contribution in [0.15, 0.2) is 24.8 Å². The summed E-state index contributed by atoms with van der Waals surface area (Å²) in [7, 11) is 0. The maximum absolute atomic E-state index is 12.6. The molecule has 6 atom stereocenters. The van der Waals surface area contributed by atoms with E-state index in [0.717, 1.165) is 19.3 Å². The lowest BCUT2D eigenvalue weighted by Crippen LogP contribution is -2.31. The van der Waals surface area contributed by atoms with Gasteiger partial charge in [-0.2, -0.15) is 0 Å². The number of ketones is 1. The Morgan fingerprint density at radius 1 is 1.30 bits per heavy atom. The van der Waals surface area contributed by atoms with Crippen molar-refractivity contribution in [3.05, 3.63) is 24.8 Å². The van der Waals surface area contributed by atoms with Crippen molar-refractivity contribution in [1.29, 1.82) is 0 Å². The van der Waals surface area contributed by atoms with E-state index in [4.69, 9.17) is 9.84 Å². The van der Waals surface area contributed by atoms with Gasteiger partial charge in [0, 0.05) is 18.8 Å². The molecule has 0 spiro atoms. The normalized spacial score (nSPS) is 24.5. The molecule has 0 aromatic rings. The molecule has 1 aliphatic carbocycles. The monoisotopic (exact) mass is 424 g/mol. The Labute approximate surface area is 178 Å². The van der Waals surface area contributed by atoms with E-state index in [1.807, 2.05) is 0 Å². The molecule has 0 aliphatic heterocycles. The number of aliphatic hydroxyl groups is 2. The zero-order chi connectivity index (χ0) is 22.7. The van der Waals surface area contributed by atoms with E-state index in [9.17, 15) is 24.6 Å². The molecule has 1 saturated carbocycles. The van der Waals surface area contributed by atoms with E-state index in [0.29, 0.717) is 25.2 Å². The summed E-state index contributed by atoms with van der Waals surface area (Å²) in [6.45, 7) is 7.78. The molecule has 1 fully saturated rings. The number of carbonyl (C=O) groups excluding carboxylic acids is 2. The maximum Gasteiger partial charge on any atom is 0.317 e. The molecule has 1 rings (SSSR count). The molecular formula is C23H36O7. The lowest BCUT2D eigenvalue weighted by molar-refractivity contribution is -0.155. The van der Waals surface area contributed by atoms with Gasteiger partial charge in [0.1, 0.15) is 17.8 Å². The quantitative estimate of drug-likeness (QED) is 0.223. The molecule has 7 nitrogen and oxygen atoms in total. The number of hydrogen-bond donors (Lipinski definition) is 3. The Bertz CT molecular complexity index is 613. The minimum absolute atomic E-state index is 0.0527. The topological polar surface area (TPSA) is 121 Å². The summed E-state index contributed by atoms with van der Waals surface area (Å²) < 4.78 is 5.35. The highest BCUT2D eigenvalue weighted by atomic mass is 16.5. The van der Waals surface area contributed by atoms with Crippen LogP contribution >= 0.6 is 0 Å². The second-order valence-corrected chi connectivity index (χ2v) is 8.23. The summed E-state index contributed by atoms with van der Waals surface area (Å²) in [6.07, 6.45) is 6.27. The summed E-state index contributed by atoms with van der Waals surface area (Å²) >= 11 is 0. The molecule has 0 aromatic heterocycles. The standard InChI is InChI=1S/C23H36O7/c1-4-6-8-15(3)13-16(24)11-12-18-19(25)14-20(26)22(18)23(29)30-17(5-2)9-7-10-21(27)28/h5,11-12,15-19,22,24-25H,2,4,6-10,13-14H2,1,3H3,(H,27,28)/b12-11+/t15-,16+,17?,18-,19+,22+/m0/s1. The molecule has 0 bridgehead atoms. The number of aliphatic carboxylic acids is 1. The third-order valence-electron chi connectivity index (χ3n) is 5.50. The second-order valence-electron chi connectivity index (χ2n) is 8.23. The van der Waals surface area contributed by atoms with Crippen molar-refractivity contribution in [3.8, 4) is 0 Å². The van der Waals surface area contributed by atoms with Gasteiger partial charge in [0.15, 0.2) is 0 Å². The Hall–Kier alpha value is -1.99. The third-order valence-corrected chi connectivity index (χ3v) is 5.50. The van der Waals surface area contributed by atoms with Gasteiger partial charge in [-0.05, 0) is 25.2 Å². The van der Waals surface area contributed by atoms with Crippen LogP contribution in [0.25, 0.3) is 0 Å². The first-order chi connectivity index (χ1) is 14.2. The van der Waals surface area contributed by atoms with Gasteiger partial charge < -0.3 is 20.1 Å². The number of carbonyl (C=O) groups is 3. The minimum Gasteiger partial charge on any atom is -0.481 e. The van der Waals surface area contributed by atoms with Crippen molar-refractivity contribution in [1.82, 2.24) is 0 Å². The number of rotatable bonds is 14. The van der Waals surface area contributed by atoms with E-state index < -0.39 is 47.9 Å². The third kappa shape index (κ3) is 8.79. The predicted molar refractivity (Wildman–Crippen MR) is 113 cm³/mol. The number of ether oxygens (including phenoxy) is 1. The molecule has 1 unspecified atom stereocenters. The number of Topliss-reactive ketones (excluding diaryl/α,β-unsaturated/α-hetero) is 1. The fourth-order valence-corrected chi connectivity index (χ4v) is 3.75. The molecule has 30 heavy (non-hydrogen) atoms. The number of carboxylic acid groups (broad SMARTS) is 1. The van der Waals surface area contributed by atoms with E-state index >= 15 is 0 Å². The number of esters is 1. The lowest BCUT2D eigenvalue weighted by atomic mass is 9.92. The number of hydrogen-bond acceptors (Lipinski definition) is 6. The zero-order valence-corrected chi connectivity index (χ0v) is 18.0. The van der Waals surface area contributed by atoms with Crippen LogP contribution in [0.2, 0.25) is 0 Å². The fourth-order valence-electron chi connectivity index (χ4n) is 3.75. The van der Waals surface area contributed by atoms with Gasteiger partial charge in [-0.1, -0.05) is 57.9 Å². The van der Waals surface area contributed by atoms with Crippen LogP contribution in [0.3, 0.4) is 0 Å². The highest BCUT2D eigenvalue weighted by Gasteiger charge is 2.46. The molecule has 0 saturated heterocycles. The van der Waals surface area contributed by atoms with E-state index in [-0.39, 0.29) is 12.8 Å². The average Bonchev–Trinajstić information content (AvgIpc) is 2.96. The smallest absolute Gasteiger partial charge is 0.317 e. The van der Waals surface area contributed by atoms with Gasteiger partial charge in [-0.25, -0.2) is 0 Å². The first-order valence-electron chi connectivity index (χ1n) is 10.8. The zero-order valence-electron chi connectivity index (χ0n) is 18.0. The van der Waals surface area contributed by atoms with Crippen LogP contribution in [0, 0.1) is 17.8 Å². The van der Waals surface area contributed by atoms with Gasteiger partial charge >= 0.3 is 11.9 Å². The van der Waals surface area contributed by atoms with Crippen LogP contribution in [0.4, 0.5) is 0 Å². The van der Waals surface area contributed by atoms with Crippen molar-refractivity contribution < 1.29 is 34.4 Å². The van der Waals surface area contributed by atoms with Crippen LogP contribution in [0.5, 0.6) is 0 Å². The van der Waals surface area contributed by atoms with Crippen molar-refractivity contribution in [2.24, 2.45) is 17.8 Å². The van der Waals surface area contributed by atoms with Crippen LogP contribution in [-0.4, -0.2) is 51.4 Å². The summed E-state index contributed by atoms with van der Waals surface area (Å²) in [6, 6.07) is 0. The maximum atomic E-state index is 12.6. The highest BCUT2D eigenvalue weighted by Crippen LogP contribution is 2.32. The van der Waals surface area contributed by atoms with Gasteiger partial charge in [0.2, 0.25) is 0 Å². The number of aliphatic hydroxyl groups excluding tert-OH is 2. The van der Waals surface area contributed by atoms with Crippen LogP contribution < -0.4 is 0 Å². The van der Waals surface area contributed by atoms with Gasteiger partial charge in [0.25, 0.3) is 0 Å². The largest absolute Gasteiger partial charge is 0.481 e. The van der Waals surface area contributed by atoms with Gasteiger partial charge in [0.05, 0.1) is 12.2 Å². The van der Waals surface area contributed by atoms with Crippen LogP contribution in [-0.2, 0) is 19.1 Å². The van der Waals surface area contributed by atoms with Crippen molar-refractivity contribution in [2.75, 3.05) is 0 Å². The molecule has 0 radical (unpaired) electrons. The molecule has 0 amide bonds. The van der Waals surface area contributed by atoms with Crippen LogP contribution in [0.1, 0.15) is 65.2 Å². The van der Waals surface area contributed by atoms with Crippen molar-refractivity contribution in [3.63, 3.8) is 0 Å². The molecule has 1 aliphatic rings. The summed E-state index contributed by atoms with van der Waals surface area (Å²) in [5, 5.41) is 29.2. The fraction of sp³-hybridized carbons (Fsp3) is 0.696. The Kier molecular flexibility index (Phi) is 11.6. The molecule has 170 valence electrons. The predicted octanol–water partition coefficient (Wildman–Crippen LogP) is 3.04. The molecule has 7 heteroatoms. The van der Waals surface area contributed by atoms with Crippen molar-refractivity contribution in [2.45, 2.75) is 83.5 Å². The summed E-state index contributed by atoms with van der Waals surface area (Å²) in [5.74, 6) is -3.64. The van der Waals surface area contributed by atoms with Crippen molar-refractivity contribution >= 4 is 17.7 Å². The molecular weight excluding hydrogens is 388 g/mol. The summed E-state index contributed by atoms with van der Waals surface area (Å²) in [4.78, 5) is 35.5. The van der Waals surface area contributed by atoms with E-state index in [2.05, 4.69) is 20.4 Å². The first kappa shape index (κ1) is 26.0. The molecule has 3 N–H and O–H groups in total. The number of carboxylic acids is 1. The minimum atomic E-state index is -1.14. The molecule has 0 aromatic carbocycles. The summed E-state index contributed by atoms with van der Waals surface area (Å²) in [5.41, 5.74) is 0. The number of unbranched alkanes of at least 4 members (excludes halogenated alkanes) is 1. The Morgan fingerprint density at radius 2 is 2.00 bits per heavy atom. The van der Waals surface area contributed by atoms with Gasteiger partial charge in [-0.15, -0.1) is 0 Å². The van der Waals surface area contributed by atoms with E-state index in [1.165, 1.54) is 6.08 Å². The SMILES string of the molecule is C=CC(CCCC(=O)O)OC(=O)[C@H]1C(=O)C[C@@H](O)[C@@H]1/C=C/[C@@H](O)C[C@@H](C)CCCC.